The third-order valence-corrected chi connectivity index (χ3v) is 9.67. The van der Waals surface area contributed by atoms with Crippen molar-refractivity contribution < 1.29 is 60.8 Å². The number of aliphatic hydroxyl groups is 1. The first-order valence-corrected chi connectivity index (χ1v) is 18.4. The lowest BCUT2D eigenvalue weighted by molar-refractivity contribution is -0.295. The number of esters is 3. The van der Waals surface area contributed by atoms with Gasteiger partial charge in [0.15, 0.2) is 0 Å². The second-order valence-corrected chi connectivity index (χ2v) is 14.8. The second kappa shape index (κ2) is 17.6. The van der Waals surface area contributed by atoms with E-state index < -0.39 is 63.1 Å². The molecule has 1 aliphatic rings. The average molecular weight is 801 g/mol. The third-order valence-electron chi connectivity index (χ3n) is 8.06. The highest BCUT2D eigenvalue weighted by atomic mass is 35.5. The van der Waals surface area contributed by atoms with E-state index in [9.17, 15) is 32.7 Å². The molecule has 1 amide bonds. The summed E-state index contributed by atoms with van der Waals surface area (Å²) in [6, 6.07) is 11.0. The highest BCUT2D eigenvalue weighted by Crippen LogP contribution is 2.40. The Morgan fingerprint density at radius 3 is 2.36 bits per heavy atom. The van der Waals surface area contributed by atoms with Crippen molar-refractivity contribution >= 4 is 62.9 Å². The lowest BCUT2D eigenvalue weighted by Crippen LogP contribution is -2.66. The van der Waals surface area contributed by atoms with Crippen LogP contribution in [0.2, 0.25) is 10.0 Å². The van der Waals surface area contributed by atoms with E-state index in [4.69, 9.17) is 56.4 Å². The van der Waals surface area contributed by atoms with Gasteiger partial charge in [-0.15, -0.1) is 0 Å². The normalized spacial score (nSPS) is 18.2. The van der Waals surface area contributed by atoms with Crippen molar-refractivity contribution in [3.63, 3.8) is 0 Å². The van der Waals surface area contributed by atoms with E-state index >= 15 is 0 Å². The minimum atomic E-state index is -4.28. The summed E-state index contributed by atoms with van der Waals surface area (Å²) < 4.78 is 55.4. The van der Waals surface area contributed by atoms with E-state index in [2.05, 4.69) is 5.32 Å². The highest BCUT2D eigenvalue weighted by molar-refractivity contribution is 7.89. The van der Waals surface area contributed by atoms with Gasteiger partial charge in [0.05, 0.1) is 47.3 Å². The molecule has 16 nitrogen and oxygen atoms in total. The largest absolute Gasteiger partial charge is 0.467 e. The predicted octanol–water partition coefficient (Wildman–Crippen LogP) is 4.70. The van der Waals surface area contributed by atoms with Gasteiger partial charge in [-0.25, -0.2) is 23.1 Å². The number of morpholine rings is 1. The van der Waals surface area contributed by atoms with Crippen LogP contribution in [0.5, 0.6) is 0 Å². The molecule has 1 aliphatic heterocycles. The Hall–Kier alpha value is -4.39. The van der Waals surface area contributed by atoms with Crippen molar-refractivity contribution in [1.82, 2.24) is 4.90 Å². The quantitative estimate of drug-likeness (QED) is 0.0821. The summed E-state index contributed by atoms with van der Waals surface area (Å²) in [5, 5.41) is 19.7. The predicted molar refractivity (Wildman–Crippen MR) is 188 cm³/mol. The van der Waals surface area contributed by atoms with Crippen LogP contribution in [0.4, 0.5) is 10.5 Å². The molecule has 3 aromatic rings. The van der Waals surface area contributed by atoms with Gasteiger partial charge in [-0.3, -0.25) is 14.5 Å². The summed E-state index contributed by atoms with van der Waals surface area (Å²) in [7, 11) is -4.28. The van der Waals surface area contributed by atoms with E-state index in [-0.39, 0.29) is 61.9 Å². The topological polar surface area (TPSA) is 223 Å². The third kappa shape index (κ3) is 10.8. The molecular weight excluding hydrogens is 761 g/mol. The molecule has 2 atom stereocenters. The van der Waals surface area contributed by atoms with Gasteiger partial charge in [0.2, 0.25) is 22.6 Å². The number of carbonyl (C=O) groups is 4. The zero-order valence-corrected chi connectivity index (χ0v) is 31.3. The summed E-state index contributed by atoms with van der Waals surface area (Å²) in [4.78, 5) is 51.2. The van der Waals surface area contributed by atoms with Crippen molar-refractivity contribution in [1.29, 1.82) is 0 Å². The summed E-state index contributed by atoms with van der Waals surface area (Å²) in [5.74, 6) is -3.75. The van der Waals surface area contributed by atoms with Gasteiger partial charge in [0.1, 0.15) is 23.9 Å². The van der Waals surface area contributed by atoms with E-state index in [0.29, 0.717) is 16.3 Å². The van der Waals surface area contributed by atoms with Crippen molar-refractivity contribution in [2.45, 2.75) is 68.8 Å². The van der Waals surface area contributed by atoms with Crippen LogP contribution >= 0.6 is 23.2 Å². The van der Waals surface area contributed by atoms with E-state index in [0.717, 1.165) is 6.07 Å². The molecular formula is C34H39Cl2N3O13S. The number of nitrogens with two attached hydrogens (primary N) is 1. The van der Waals surface area contributed by atoms with Crippen LogP contribution in [0, 0.1) is 0 Å². The fourth-order valence-corrected chi connectivity index (χ4v) is 6.69. The van der Waals surface area contributed by atoms with Gasteiger partial charge in [0, 0.05) is 23.4 Å². The molecule has 1 fully saturated rings. The Morgan fingerprint density at radius 2 is 1.70 bits per heavy atom. The maximum atomic E-state index is 13.1. The molecule has 2 heterocycles. The van der Waals surface area contributed by atoms with Gasteiger partial charge in [-0.05, 0) is 63.6 Å². The maximum Gasteiger partial charge on any atom is 0.413 e. The number of hydrogen-bond donors (Lipinski definition) is 3. The number of nitrogens with zero attached hydrogens (tertiary/aromatic N) is 1. The van der Waals surface area contributed by atoms with Crippen LogP contribution in [0.3, 0.4) is 0 Å². The first-order valence-electron chi connectivity index (χ1n) is 16.1. The van der Waals surface area contributed by atoms with Crippen LogP contribution in [0.25, 0.3) is 0 Å². The number of ether oxygens (including phenoxy) is 5. The monoisotopic (exact) mass is 799 g/mol. The molecule has 0 unspecified atom stereocenters. The van der Waals surface area contributed by atoms with Crippen LogP contribution in [-0.4, -0.2) is 80.6 Å². The standard InChI is InChI=1S/C34H39Cl2N3O13S/c1-21-34(44,22-7-4-8-23(35)15-22)52-19-33(2,3)39(21)32(43)51-20-50-30(41)11-5-10-29(40)48-13-14-49-31(42)25-16-28(53(37,45)46)26(36)17-27(25)38-18-24-9-6-12-47-24/h4,6-9,12,15-17,21,38,44H,5,10-11,13-14,18-20H2,1-3H3,(H2,37,45,46)/t21-,34+/m0/s1. The summed E-state index contributed by atoms with van der Waals surface area (Å²) >= 11 is 12.2. The number of benzene rings is 2. The van der Waals surface area contributed by atoms with Crippen molar-refractivity contribution in [2.24, 2.45) is 5.14 Å². The van der Waals surface area contributed by atoms with Gasteiger partial charge >= 0.3 is 24.0 Å². The van der Waals surface area contributed by atoms with Gasteiger partial charge in [-0.2, -0.15) is 0 Å². The summed E-state index contributed by atoms with van der Waals surface area (Å²) in [6.45, 7) is 3.71. The van der Waals surface area contributed by atoms with Crippen LogP contribution in [0.1, 0.15) is 61.7 Å². The Balaban J connectivity index is 1.18. The number of sulfonamides is 1. The number of halogens is 2. The highest BCUT2D eigenvalue weighted by Gasteiger charge is 2.53. The molecule has 2 aromatic carbocycles. The van der Waals surface area contributed by atoms with Crippen molar-refractivity contribution in [3.05, 3.63) is 81.7 Å². The Bertz CT molecular complexity index is 1910. The zero-order chi connectivity index (χ0) is 39.0. The number of hydrogen-bond acceptors (Lipinski definition) is 14. The number of nitrogens with one attached hydrogen (secondary N) is 1. The Labute approximate surface area is 315 Å². The van der Waals surface area contributed by atoms with Crippen LogP contribution in [0.15, 0.2) is 64.1 Å². The van der Waals surface area contributed by atoms with Gasteiger partial charge in [0.25, 0.3) is 0 Å². The zero-order valence-electron chi connectivity index (χ0n) is 29.0. The SMILES string of the molecule is C[C@@H]1N(C(=O)OCOC(=O)CCCC(=O)OCCOC(=O)c2cc(S(N)(=O)=O)c(Cl)cc2NCc2ccco2)C(C)(C)CO[C@@]1(O)c1cccc(Cl)c1. The number of furan rings is 1. The molecule has 1 aromatic heterocycles. The van der Waals surface area contributed by atoms with E-state index in [1.165, 1.54) is 23.3 Å². The number of carbonyl (C=O) groups excluding carboxylic acids is 4. The molecule has 0 aliphatic carbocycles. The lowest BCUT2D eigenvalue weighted by Gasteiger charge is -2.52. The van der Waals surface area contributed by atoms with Gasteiger partial charge < -0.3 is 38.5 Å². The Kier molecular flexibility index (Phi) is 13.8. The lowest BCUT2D eigenvalue weighted by atomic mass is 9.90. The number of primary sulfonamides is 1. The molecule has 0 bridgehead atoms. The number of amides is 1. The molecule has 4 N–H and O–H groups in total. The fraction of sp³-hybridized carbons (Fsp3) is 0.412. The molecule has 53 heavy (non-hydrogen) atoms. The average Bonchev–Trinajstić information content (AvgIpc) is 3.61. The number of rotatable bonds is 15. The van der Waals surface area contributed by atoms with Crippen LogP contribution < -0.4 is 10.5 Å². The van der Waals surface area contributed by atoms with Crippen molar-refractivity contribution in [3.8, 4) is 0 Å². The maximum absolute atomic E-state index is 13.1. The molecule has 0 spiro atoms. The number of anilines is 1. The smallest absolute Gasteiger partial charge is 0.413 e. The first kappa shape index (κ1) is 41.4. The molecule has 0 saturated carbocycles. The van der Waals surface area contributed by atoms with Crippen molar-refractivity contribution in [2.75, 3.05) is 31.9 Å². The molecule has 4 rings (SSSR count). The minimum Gasteiger partial charge on any atom is -0.467 e. The molecule has 0 radical (unpaired) electrons. The summed E-state index contributed by atoms with van der Waals surface area (Å²) in [5.41, 5.74) is -0.594. The van der Waals surface area contributed by atoms with E-state index in [1.54, 1.807) is 51.1 Å². The molecule has 19 heteroatoms. The summed E-state index contributed by atoms with van der Waals surface area (Å²) in [6.07, 6.45) is 0.255. The first-order chi connectivity index (χ1) is 24.9. The minimum absolute atomic E-state index is 0.0380. The van der Waals surface area contributed by atoms with E-state index in [1.807, 2.05) is 0 Å². The van der Waals surface area contributed by atoms with Crippen LogP contribution in [-0.2, 0) is 55.6 Å². The second-order valence-electron chi connectivity index (χ2n) is 12.4. The van der Waals surface area contributed by atoms with Gasteiger partial charge in [-0.1, -0.05) is 35.3 Å². The molecule has 288 valence electrons. The Morgan fingerprint density at radius 1 is 1.00 bits per heavy atom. The fourth-order valence-electron chi connectivity index (χ4n) is 5.40. The molecule has 1 saturated heterocycles.